The summed E-state index contributed by atoms with van der Waals surface area (Å²) in [6.07, 6.45) is 3.83. The van der Waals surface area contributed by atoms with Gasteiger partial charge in [0.2, 0.25) is 11.8 Å². The number of rotatable bonds is 12. The van der Waals surface area contributed by atoms with Crippen LogP contribution in [0, 0.1) is 13.8 Å². The van der Waals surface area contributed by atoms with Gasteiger partial charge < -0.3 is 20.3 Å². The molecule has 35 heavy (non-hydrogen) atoms. The Morgan fingerprint density at radius 1 is 0.971 bits per heavy atom. The fraction of sp³-hybridized carbons (Fsp3) is 0.679. The molecule has 0 bridgehead atoms. The van der Waals surface area contributed by atoms with Crippen molar-refractivity contribution in [2.24, 2.45) is 0 Å². The maximum absolute atomic E-state index is 13.8. The molecule has 0 aliphatic heterocycles. The molecule has 1 aromatic carbocycles. The molecular formula is C28H47N3O4. The molecule has 0 saturated heterocycles. The van der Waals surface area contributed by atoms with Crippen LogP contribution in [0.1, 0.15) is 103 Å². The van der Waals surface area contributed by atoms with E-state index in [1.54, 1.807) is 32.6 Å². The van der Waals surface area contributed by atoms with Gasteiger partial charge in [-0.1, -0.05) is 51.3 Å². The van der Waals surface area contributed by atoms with E-state index in [2.05, 4.69) is 24.5 Å². The minimum atomic E-state index is -0.848. The number of nitrogens with zero attached hydrogens (tertiary/aromatic N) is 1. The summed E-state index contributed by atoms with van der Waals surface area (Å²) >= 11 is 0. The zero-order chi connectivity index (χ0) is 26.8. The molecule has 0 aliphatic carbocycles. The topological polar surface area (TPSA) is 87.7 Å². The average molecular weight is 490 g/mol. The van der Waals surface area contributed by atoms with Gasteiger partial charge in [-0.3, -0.25) is 9.59 Å². The van der Waals surface area contributed by atoms with Crippen molar-refractivity contribution in [3.63, 3.8) is 0 Å². The van der Waals surface area contributed by atoms with Crippen molar-refractivity contribution in [1.29, 1.82) is 0 Å². The van der Waals surface area contributed by atoms with Gasteiger partial charge in [0.25, 0.3) is 0 Å². The zero-order valence-electron chi connectivity index (χ0n) is 23.3. The third kappa shape index (κ3) is 9.90. The fourth-order valence-electron chi connectivity index (χ4n) is 4.21. The number of alkyl carbamates (subject to hydrolysis) is 1. The third-order valence-corrected chi connectivity index (χ3v) is 5.88. The molecule has 1 rings (SSSR count). The van der Waals surface area contributed by atoms with E-state index in [1.807, 2.05) is 39.0 Å². The molecule has 1 aromatic rings. The van der Waals surface area contributed by atoms with Gasteiger partial charge in [0.1, 0.15) is 17.7 Å². The number of benzene rings is 1. The van der Waals surface area contributed by atoms with Crippen molar-refractivity contribution in [2.75, 3.05) is 6.54 Å². The number of hydrogen-bond acceptors (Lipinski definition) is 4. The third-order valence-electron chi connectivity index (χ3n) is 5.88. The van der Waals surface area contributed by atoms with E-state index in [9.17, 15) is 14.4 Å². The molecule has 198 valence electrons. The standard InChI is InChI=1S/C28H47N3O4/c1-10-12-13-18-31(26(33)22(6)30-27(34)35-28(7,8)9)24(25(32)29-21(5)15-11-2)23-19(3)16-14-17-20(23)4/h14,16-17,21-22,24H,10-13,15,18H2,1-9H3,(H,29,32)(H,30,34). The Balaban J connectivity index is 3.42. The molecular weight excluding hydrogens is 442 g/mol. The Labute approximate surface area is 212 Å². The highest BCUT2D eigenvalue weighted by Gasteiger charge is 2.36. The Bertz CT molecular complexity index is 827. The van der Waals surface area contributed by atoms with Crippen molar-refractivity contribution in [2.45, 2.75) is 118 Å². The van der Waals surface area contributed by atoms with Crippen LogP contribution in [-0.4, -0.2) is 47.0 Å². The highest BCUT2D eigenvalue weighted by Crippen LogP contribution is 2.29. The first kappa shape index (κ1) is 30.5. The number of nitrogens with one attached hydrogen (secondary N) is 2. The molecule has 3 atom stereocenters. The van der Waals surface area contributed by atoms with Gasteiger partial charge in [-0.05, 0) is 78.0 Å². The van der Waals surface area contributed by atoms with Crippen molar-refractivity contribution >= 4 is 17.9 Å². The van der Waals surface area contributed by atoms with Crippen molar-refractivity contribution < 1.29 is 19.1 Å². The van der Waals surface area contributed by atoms with Crippen LogP contribution in [0.2, 0.25) is 0 Å². The molecule has 0 spiro atoms. The summed E-state index contributed by atoms with van der Waals surface area (Å²) in [5, 5.41) is 5.78. The lowest BCUT2D eigenvalue weighted by Crippen LogP contribution is -2.53. The van der Waals surface area contributed by atoms with E-state index >= 15 is 0 Å². The van der Waals surface area contributed by atoms with Crippen LogP contribution in [0.25, 0.3) is 0 Å². The van der Waals surface area contributed by atoms with Crippen LogP contribution in [0.3, 0.4) is 0 Å². The van der Waals surface area contributed by atoms with Gasteiger partial charge in [0, 0.05) is 12.6 Å². The van der Waals surface area contributed by atoms with Gasteiger partial charge in [-0.25, -0.2) is 4.79 Å². The van der Waals surface area contributed by atoms with Crippen molar-refractivity contribution in [3.05, 3.63) is 34.9 Å². The van der Waals surface area contributed by atoms with Crippen molar-refractivity contribution in [1.82, 2.24) is 15.5 Å². The SMILES string of the molecule is CCCCCN(C(=O)C(C)NC(=O)OC(C)(C)C)C(C(=O)NC(C)CCC)c1c(C)cccc1C. The Kier molecular flexibility index (Phi) is 12.3. The zero-order valence-corrected chi connectivity index (χ0v) is 23.3. The summed E-state index contributed by atoms with van der Waals surface area (Å²) in [6.45, 7) is 17.5. The number of carbonyl (C=O) groups is 3. The second kappa shape index (κ2) is 14.1. The number of hydrogen-bond donors (Lipinski definition) is 2. The van der Waals surface area contributed by atoms with Crippen LogP contribution < -0.4 is 10.6 Å². The number of aryl methyl sites for hydroxylation is 2. The van der Waals surface area contributed by atoms with E-state index < -0.39 is 23.8 Å². The predicted molar refractivity (Wildman–Crippen MR) is 141 cm³/mol. The van der Waals surface area contributed by atoms with Crippen LogP contribution in [0.4, 0.5) is 4.79 Å². The van der Waals surface area contributed by atoms with E-state index in [0.29, 0.717) is 6.54 Å². The van der Waals surface area contributed by atoms with Crippen LogP contribution >= 0.6 is 0 Å². The highest BCUT2D eigenvalue weighted by atomic mass is 16.6. The molecule has 0 radical (unpaired) electrons. The van der Waals surface area contributed by atoms with Gasteiger partial charge >= 0.3 is 6.09 Å². The fourth-order valence-corrected chi connectivity index (χ4v) is 4.21. The quantitative estimate of drug-likeness (QED) is 0.375. The van der Waals surface area contributed by atoms with E-state index in [-0.39, 0.29) is 17.9 Å². The first-order valence-electron chi connectivity index (χ1n) is 13.0. The molecule has 0 saturated carbocycles. The lowest BCUT2D eigenvalue weighted by Gasteiger charge is -2.35. The summed E-state index contributed by atoms with van der Waals surface area (Å²) < 4.78 is 5.35. The normalized spacial score (nSPS) is 14.0. The molecule has 0 aliphatic rings. The molecule has 0 heterocycles. The van der Waals surface area contributed by atoms with E-state index in [4.69, 9.17) is 4.74 Å². The Hall–Kier alpha value is -2.57. The van der Waals surface area contributed by atoms with Crippen LogP contribution in [0.15, 0.2) is 18.2 Å². The molecule has 0 aromatic heterocycles. The molecule has 3 unspecified atom stereocenters. The average Bonchev–Trinajstić information content (AvgIpc) is 2.72. The van der Waals surface area contributed by atoms with Gasteiger partial charge in [-0.15, -0.1) is 0 Å². The van der Waals surface area contributed by atoms with Crippen LogP contribution in [0.5, 0.6) is 0 Å². The number of ether oxygens (including phenoxy) is 1. The maximum Gasteiger partial charge on any atom is 0.408 e. The number of amides is 3. The first-order chi connectivity index (χ1) is 16.3. The highest BCUT2D eigenvalue weighted by molar-refractivity contribution is 5.92. The number of unbranched alkanes of at least 4 members (excludes halogenated alkanes) is 2. The maximum atomic E-state index is 13.8. The molecule has 3 amide bonds. The van der Waals surface area contributed by atoms with Gasteiger partial charge in [0.15, 0.2) is 0 Å². The molecule has 2 N–H and O–H groups in total. The molecule has 7 heteroatoms. The summed E-state index contributed by atoms with van der Waals surface area (Å²) in [5.74, 6) is -0.504. The minimum Gasteiger partial charge on any atom is -0.444 e. The van der Waals surface area contributed by atoms with E-state index in [0.717, 1.165) is 48.8 Å². The number of carbonyl (C=O) groups excluding carboxylic acids is 3. The summed E-state index contributed by atoms with van der Waals surface area (Å²) in [7, 11) is 0. The van der Waals surface area contributed by atoms with Gasteiger partial charge in [0.05, 0.1) is 0 Å². The predicted octanol–water partition coefficient (Wildman–Crippen LogP) is 5.58. The smallest absolute Gasteiger partial charge is 0.408 e. The van der Waals surface area contributed by atoms with Gasteiger partial charge in [-0.2, -0.15) is 0 Å². The van der Waals surface area contributed by atoms with E-state index in [1.165, 1.54) is 0 Å². The minimum absolute atomic E-state index is 0.00997. The largest absolute Gasteiger partial charge is 0.444 e. The summed E-state index contributed by atoms with van der Waals surface area (Å²) in [4.78, 5) is 41.5. The van der Waals surface area contributed by atoms with Crippen LogP contribution in [-0.2, 0) is 14.3 Å². The second-order valence-corrected chi connectivity index (χ2v) is 10.5. The first-order valence-corrected chi connectivity index (χ1v) is 13.0. The Morgan fingerprint density at radius 2 is 1.57 bits per heavy atom. The lowest BCUT2D eigenvalue weighted by atomic mass is 9.93. The second-order valence-electron chi connectivity index (χ2n) is 10.5. The Morgan fingerprint density at radius 3 is 2.09 bits per heavy atom. The summed E-state index contributed by atoms with van der Waals surface area (Å²) in [6, 6.07) is 4.24. The molecule has 0 fully saturated rings. The molecule has 7 nitrogen and oxygen atoms in total. The lowest BCUT2D eigenvalue weighted by molar-refractivity contribution is -0.142. The van der Waals surface area contributed by atoms with Crippen molar-refractivity contribution in [3.8, 4) is 0 Å². The monoisotopic (exact) mass is 489 g/mol. The summed E-state index contributed by atoms with van der Waals surface area (Å²) in [5.41, 5.74) is 2.07.